The lowest BCUT2D eigenvalue weighted by Gasteiger charge is -2.33. The lowest BCUT2D eigenvalue weighted by Crippen LogP contribution is -2.51. The highest BCUT2D eigenvalue weighted by Gasteiger charge is 2.44. The Morgan fingerprint density at radius 1 is 1.23 bits per heavy atom. The van der Waals surface area contributed by atoms with E-state index in [0.29, 0.717) is 44.1 Å². The van der Waals surface area contributed by atoms with Gasteiger partial charge in [0.1, 0.15) is 6.54 Å². The summed E-state index contributed by atoms with van der Waals surface area (Å²) < 4.78 is 5.29. The Morgan fingerprint density at radius 2 is 1.97 bits per heavy atom. The van der Waals surface area contributed by atoms with Crippen molar-refractivity contribution in [2.75, 3.05) is 45.9 Å². The number of morpholine rings is 1. The van der Waals surface area contributed by atoms with Crippen molar-refractivity contribution >= 4 is 17.8 Å². The third-order valence-corrected chi connectivity index (χ3v) is 5.98. The number of aryl methyl sites for hydroxylation is 2. The molecule has 1 aromatic carbocycles. The van der Waals surface area contributed by atoms with E-state index in [1.807, 2.05) is 44.0 Å². The number of benzene rings is 1. The molecular formula is C22H29N5O4. The first kappa shape index (κ1) is 21.3. The van der Waals surface area contributed by atoms with Crippen molar-refractivity contribution in [2.45, 2.75) is 26.8 Å². The highest BCUT2D eigenvalue weighted by molar-refractivity contribution is 6.03. The number of amides is 4. The number of nitrogens with one attached hydrogen (secondary N) is 2. The molecule has 1 saturated heterocycles. The molecule has 9 heteroatoms. The number of rotatable bonds is 5. The van der Waals surface area contributed by atoms with E-state index in [4.69, 9.17) is 4.74 Å². The number of urea groups is 1. The molecule has 0 bridgehead atoms. The maximum atomic E-state index is 13.4. The molecule has 0 spiro atoms. The zero-order valence-corrected chi connectivity index (χ0v) is 18.2. The third kappa shape index (κ3) is 4.15. The van der Waals surface area contributed by atoms with Gasteiger partial charge in [0.05, 0.1) is 37.1 Å². The van der Waals surface area contributed by atoms with Crippen LogP contribution in [-0.2, 0) is 14.3 Å². The maximum Gasteiger partial charge on any atom is 0.322 e. The summed E-state index contributed by atoms with van der Waals surface area (Å²) in [5.74, 6) is -0.462. The number of hydrogen-bond acceptors (Lipinski definition) is 5. The van der Waals surface area contributed by atoms with Crippen LogP contribution in [-0.4, -0.2) is 78.6 Å². The number of carbonyl (C=O) groups excluding carboxylic acids is 3. The molecule has 0 aromatic heterocycles. The van der Waals surface area contributed by atoms with Gasteiger partial charge in [-0.3, -0.25) is 19.9 Å². The second kappa shape index (κ2) is 8.68. The minimum absolute atomic E-state index is 0.0610. The van der Waals surface area contributed by atoms with Gasteiger partial charge >= 0.3 is 6.03 Å². The Morgan fingerprint density at radius 3 is 2.65 bits per heavy atom. The summed E-state index contributed by atoms with van der Waals surface area (Å²) in [4.78, 5) is 41.8. The molecule has 0 aliphatic carbocycles. The number of hydrogen-bond donors (Lipinski definition) is 2. The van der Waals surface area contributed by atoms with E-state index in [9.17, 15) is 14.4 Å². The lowest BCUT2D eigenvalue weighted by molar-refractivity contribution is -0.135. The van der Waals surface area contributed by atoms with Crippen molar-refractivity contribution in [3.63, 3.8) is 0 Å². The van der Waals surface area contributed by atoms with E-state index in [0.717, 1.165) is 16.7 Å². The second-order valence-corrected chi connectivity index (χ2v) is 8.14. The van der Waals surface area contributed by atoms with Gasteiger partial charge in [0, 0.05) is 19.6 Å². The fraction of sp³-hybridized carbons (Fsp3) is 0.500. The van der Waals surface area contributed by atoms with E-state index < -0.39 is 6.04 Å². The molecule has 31 heavy (non-hydrogen) atoms. The van der Waals surface area contributed by atoms with Crippen LogP contribution in [0.25, 0.3) is 0 Å². The van der Waals surface area contributed by atoms with Crippen LogP contribution >= 0.6 is 0 Å². The minimum atomic E-state index is -0.522. The van der Waals surface area contributed by atoms with Crippen molar-refractivity contribution in [1.29, 1.82) is 0 Å². The molecule has 3 aliphatic rings. The quantitative estimate of drug-likeness (QED) is 0.727. The predicted molar refractivity (Wildman–Crippen MR) is 114 cm³/mol. The Bertz CT molecular complexity index is 938. The predicted octanol–water partition coefficient (Wildman–Crippen LogP) is 0.849. The fourth-order valence-corrected chi connectivity index (χ4v) is 4.45. The molecule has 4 amide bonds. The van der Waals surface area contributed by atoms with Crippen molar-refractivity contribution in [2.24, 2.45) is 0 Å². The van der Waals surface area contributed by atoms with Gasteiger partial charge in [-0.2, -0.15) is 0 Å². The number of likely N-dealkylation sites (N-methyl/N-ethyl adjacent to an activating group) is 1. The van der Waals surface area contributed by atoms with E-state index in [1.165, 1.54) is 4.90 Å². The van der Waals surface area contributed by atoms with Crippen LogP contribution in [0, 0.1) is 13.8 Å². The van der Waals surface area contributed by atoms with E-state index in [-0.39, 0.29) is 30.9 Å². The first-order chi connectivity index (χ1) is 14.9. The Balaban J connectivity index is 1.56. The summed E-state index contributed by atoms with van der Waals surface area (Å²) in [7, 11) is 0. The molecule has 1 aromatic rings. The summed E-state index contributed by atoms with van der Waals surface area (Å²) in [5.41, 5.74) is 7.10. The summed E-state index contributed by atoms with van der Waals surface area (Å²) >= 11 is 0. The number of ether oxygens (including phenoxy) is 1. The monoisotopic (exact) mass is 427 g/mol. The molecule has 3 heterocycles. The van der Waals surface area contributed by atoms with Crippen LogP contribution in [0.5, 0.6) is 0 Å². The molecule has 0 saturated carbocycles. The largest absolute Gasteiger partial charge is 0.379 e. The minimum Gasteiger partial charge on any atom is -0.379 e. The SMILES string of the molecule is CCN1C(=O)N[C@@H](c2ccc(C)cc2C)C2=C1CN(CC(=O)NN1CCOCC1)C2=O. The van der Waals surface area contributed by atoms with Crippen molar-refractivity contribution in [1.82, 2.24) is 25.6 Å². The van der Waals surface area contributed by atoms with Crippen molar-refractivity contribution in [3.05, 3.63) is 46.2 Å². The van der Waals surface area contributed by atoms with Crippen LogP contribution in [0.3, 0.4) is 0 Å². The van der Waals surface area contributed by atoms with Crippen LogP contribution in [0.2, 0.25) is 0 Å². The highest BCUT2D eigenvalue weighted by Crippen LogP contribution is 2.37. The van der Waals surface area contributed by atoms with Gasteiger partial charge in [0.25, 0.3) is 11.8 Å². The first-order valence-corrected chi connectivity index (χ1v) is 10.7. The van der Waals surface area contributed by atoms with Crippen LogP contribution in [0.4, 0.5) is 4.79 Å². The molecule has 9 nitrogen and oxygen atoms in total. The summed E-state index contributed by atoms with van der Waals surface area (Å²) in [6.45, 7) is 8.86. The number of hydrazine groups is 1. The molecule has 166 valence electrons. The Kier molecular flexibility index (Phi) is 5.97. The van der Waals surface area contributed by atoms with Crippen LogP contribution < -0.4 is 10.7 Å². The smallest absolute Gasteiger partial charge is 0.322 e. The van der Waals surface area contributed by atoms with Gasteiger partial charge in [-0.15, -0.1) is 0 Å². The number of nitrogens with zero attached hydrogens (tertiary/aromatic N) is 3. The summed E-state index contributed by atoms with van der Waals surface area (Å²) in [5, 5.41) is 4.80. The van der Waals surface area contributed by atoms with E-state index in [1.54, 1.807) is 4.90 Å². The highest BCUT2D eigenvalue weighted by atomic mass is 16.5. The van der Waals surface area contributed by atoms with Gasteiger partial charge in [0.15, 0.2) is 0 Å². The molecule has 0 unspecified atom stereocenters. The molecule has 0 radical (unpaired) electrons. The molecule has 2 N–H and O–H groups in total. The zero-order chi connectivity index (χ0) is 22.1. The number of carbonyl (C=O) groups is 3. The van der Waals surface area contributed by atoms with Crippen LogP contribution in [0.15, 0.2) is 29.5 Å². The topological polar surface area (TPSA) is 94.2 Å². The van der Waals surface area contributed by atoms with Gasteiger partial charge in [-0.25, -0.2) is 9.80 Å². The molecule has 1 fully saturated rings. The molecular weight excluding hydrogens is 398 g/mol. The third-order valence-electron chi connectivity index (χ3n) is 5.98. The molecule has 1 atom stereocenters. The van der Waals surface area contributed by atoms with E-state index in [2.05, 4.69) is 10.7 Å². The lowest BCUT2D eigenvalue weighted by atomic mass is 9.91. The van der Waals surface area contributed by atoms with Gasteiger partial charge in [-0.05, 0) is 31.9 Å². The Hall–Kier alpha value is -2.91. The average molecular weight is 428 g/mol. The van der Waals surface area contributed by atoms with Crippen molar-refractivity contribution < 1.29 is 19.1 Å². The van der Waals surface area contributed by atoms with Crippen molar-refractivity contribution in [3.8, 4) is 0 Å². The summed E-state index contributed by atoms with van der Waals surface area (Å²) in [6.07, 6.45) is 0. The zero-order valence-electron chi connectivity index (χ0n) is 18.2. The van der Waals surface area contributed by atoms with Crippen LogP contribution in [0.1, 0.15) is 29.7 Å². The first-order valence-electron chi connectivity index (χ1n) is 10.7. The molecule has 4 rings (SSSR count). The fourth-order valence-electron chi connectivity index (χ4n) is 4.45. The standard InChI is InChI=1S/C22H29N5O4/c1-4-27-17-12-25(13-18(28)24-26-7-9-31-10-8-26)21(29)19(17)20(23-22(27)30)16-6-5-14(2)11-15(16)3/h5-6,11,20H,4,7-10,12-13H2,1-3H3,(H,23,30)(H,24,28)/t20-/m0/s1. The molecule has 3 aliphatic heterocycles. The second-order valence-electron chi connectivity index (χ2n) is 8.14. The van der Waals surface area contributed by atoms with Gasteiger partial charge in [0.2, 0.25) is 0 Å². The average Bonchev–Trinajstić information content (AvgIpc) is 3.04. The maximum absolute atomic E-state index is 13.4. The Labute approximate surface area is 182 Å². The van der Waals surface area contributed by atoms with E-state index >= 15 is 0 Å². The summed E-state index contributed by atoms with van der Waals surface area (Å²) in [6, 6.07) is 5.24. The van der Waals surface area contributed by atoms with Gasteiger partial charge < -0.3 is 15.0 Å². The normalized spacial score (nSPS) is 22.0. The van der Waals surface area contributed by atoms with Gasteiger partial charge in [-0.1, -0.05) is 23.8 Å².